The zero-order valence-electron chi connectivity index (χ0n) is 14.8. The van der Waals surface area contributed by atoms with Gasteiger partial charge >= 0.3 is 0 Å². The summed E-state index contributed by atoms with van der Waals surface area (Å²) in [6.45, 7) is 12.8. The Morgan fingerprint density at radius 1 is 1.14 bits per heavy atom. The van der Waals surface area contributed by atoms with Gasteiger partial charge in [-0.25, -0.2) is 8.51 Å². The van der Waals surface area contributed by atoms with Gasteiger partial charge in [-0.05, 0) is 47.2 Å². The zero-order chi connectivity index (χ0) is 16.5. The third-order valence-electron chi connectivity index (χ3n) is 4.55. The Morgan fingerprint density at radius 2 is 1.73 bits per heavy atom. The molecule has 0 aromatic heterocycles. The van der Waals surface area contributed by atoms with Crippen molar-refractivity contribution in [2.24, 2.45) is 0 Å². The fraction of sp³-hybridized carbons (Fsp3) is 0.632. The predicted molar refractivity (Wildman–Crippen MR) is 98.2 cm³/mol. The standard InChI is InChI=1S/C19H31NOS/c1-15(2)16-10-11-18(17(14-16)19(3,4)5)22(6,21)20-12-8-7-9-13-20/h10-11,14-15H,6-9,12-13H2,1-5H3. The van der Waals surface area contributed by atoms with E-state index in [0.717, 1.165) is 30.8 Å². The Kier molecular flexibility index (Phi) is 5.08. The molecule has 1 aliphatic rings. The molecule has 0 bridgehead atoms. The summed E-state index contributed by atoms with van der Waals surface area (Å²) in [6, 6.07) is 6.44. The molecule has 0 saturated carbocycles. The van der Waals surface area contributed by atoms with Crippen molar-refractivity contribution in [3.05, 3.63) is 29.3 Å². The maximum atomic E-state index is 13.5. The molecule has 1 aliphatic heterocycles. The highest BCUT2D eigenvalue weighted by Crippen LogP contribution is 2.34. The minimum Gasteiger partial charge on any atom is -0.248 e. The normalized spacial score (nSPS) is 20.1. The highest BCUT2D eigenvalue weighted by molar-refractivity contribution is 7.98. The second kappa shape index (κ2) is 6.37. The van der Waals surface area contributed by atoms with Gasteiger partial charge in [0.25, 0.3) is 0 Å². The average molecular weight is 322 g/mol. The summed E-state index contributed by atoms with van der Waals surface area (Å²) in [6.07, 6.45) is 3.49. The summed E-state index contributed by atoms with van der Waals surface area (Å²) in [7, 11) is -2.38. The van der Waals surface area contributed by atoms with E-state index in [0.29, 0.717) is 5.92 Å². The van der Waals surface area contributed by atoms with Crippen molar-refractivity contribution in [1.82, 2.24) is 4.31 Å². The molecule has 1 aromatic rings. The molecule has 0 N–H and O–H groups in total. The molecule has 0 amide bonds. The Hall–Kier alpha value is -0.800. The summed E-state index contributed by atoms with van der Waals surface area (Å²) >= 11 is 0. The monoisotopic (exact) mass is 321 g/mol. The van der Waals surface area contributed by atoms with Crippen LogP contribution in [0.5, 0.6) is 0 Å². The molecule has 3 heteroatoms. The van der Waals surface area contributed by atoms with Crippen molar-refractivity contribution >= 4 is 15.6 Å². The number of piperidine rings is 1. The SMILES string of the molecule is C=S(=O)(c1ccc(C(C)C)cc1C(C)(C)C)N1CCCCC1. The molecule has 2 rings (SSSR count). The van der Waals surface area contributed by atoms with Gasteiger partial charge in [0.05, 0.1) is 9.71 Å². The van der Waals surface area contributed by atoms with E-state index in [9.17, 15) is 4.21 Å². The topological polar surface area (TPSA) is 20.3 Å². The molecule has 2 nitrogen and oxygen atoms in total. The molecule has 1 aromatic carbocycles. The first-order valence-corrected chi connectivity index (χ1v) is 10.1. The summed E-state index contributed by atoms with van der Waals surface area (Å²) in [5, 5.41) is 0. The molecule has 1 unspecified atom stereocenters. The minimum absolute atomic E-state index is 0.0314. The maximum absolute atomic E-state index is 13.5. The van der Waals surface area contributed by atoms with E-state index < -0.39 is 9.71 Å². The third kappa shape index (κ3) is 3.57. The van der Waals surface area contributed by atoms with E-state index in [1.54, 1.807) is 0 Å². The fourth-order valence-electron chi connectivity index (χ4n) is 3.07. The largest absolute Gasteiger partial charge is 0.248 e. The van der Waals surface area contributed by atoms with Crippen LogP contribution >= 0.6 is 0 Å². The van der Waals surface area contributed by atoms with Gasteiger partial charge in [-0.15, -0.1) is 0 Å². The Bertz CT molecular complexity index is 617. The van der Waals surface area contributed by atoms with Crippen LogP contribution in [0.4, 0.5) is 0 Å². The predicted octanol–water partition coefficient (Wildman–Crippen LogP) is 4.58. The van der Waals surface area contributed by atoms with Crippen molar-refractivity contribution in [3.63, 3.8) is 0 Å². The van der Waals surface area contributed by atoms with Crippen LogP contribution < -0.4 is 0 Å². The van der Waals surface area contributed by atoms with Gasteiger partial charge in [-0.3, -0.25) is 0 Å². The number of benzene rings is 1. The number of nitrogens with zero attached hydrogens (tertiary/aromatic N) is 1. The van der Waals surface area contributed by atoms with Crippen molar-refractivity contribution < 1.29 is 4.21 Å². The fourth-order valence-corrected chi connectivity index (χ4v) is 5.19. The van der Waals surface area contributed by atoms with Crippen LogP contribution in [-0.4, -0.2) is 27.5 Å². The molecule has 1 saturated heterocycles. The Balaban J connectivity index is 2.54. The first-order chi connectivity index (χ1) is 10.1. The van der Waals surface area contributed by atoms with Gasteiger partial charge in [0, 0.05) is 18.0 Å². The van der Waals surface area contributed by atoms with Crippen LogP contribution in [0.15, 0.2) is 23.1 Å². The summed E-state index contributed by atoms with van der Waals surface area (Å²) < 4.78 is 15.6. The molecule has 1 heterocycles. The molecular formula is C19H31NOS. The summed E-state index contributed by atoms with van der Waals surface area (Å²) in [5.74, 6) is 4.64. The van der Waals surface area contributed by atoms with Crippen LogP contribution in [-0.2, 0) is 15.1 Å². The lowest BCUT2D eigenvalue weighted by Gasteiger charge is -2.33. The smallest absolute Gasteiger partial charge is 0.0561 e. The van der Waals surface area contributed by atoms with Gasteiger partial charge in [0.1, 0.15) is 0 Å². The van der Waals surface area contributed by atoms with Gasteiger partial charge in [0.15, 0.2) is 0 Å². The second-order valence-corrected chi connectivity index (χ2v) is 10.0. The van der Waals surface area contributed by atoms with E-state index in [-0.39, 0.29) is 5.41 Å². The maximum Gasteiger partial charge on any atom is 0.0561 e. The van der Waals surface area contributed by atoms with Crippen LogP contribution in [0.2, 0.25) is 0 Å². The van der Waals surface area contributed by atoms with Gasteiger partial charge in [-0.2, -0.15) is 0 Å². The first-order valence-electron chi connectivity index (χ1n) is 8.41. The van der Waals surface area contributed by atoms with E-state index in [4.69, 9.17) is 0 Å². The average Bonchev–Trinajstić information content (AvgIpc) is 2.46. The molecule has 0 radical (unpaired) electrons. The Labute approximate surface area is 137 Å². The molecular weight excluding hydrogens is 290 g/mol. The van der Waals surface area contributed by atoms with Crippen molar-refractivity contribution in [3.8, 4) is 0 Å². The van der Waals surface area contributed by atoms with Crippen LogP contribution in [0, 0.1) is 0 Å². The first kappa shape index (κ1) is 17.6. The molecule has 0 spiro atoms. The van der Waals surface area contributed by atoms with Gasteiger partial charge < -0.3 is 0 Å². The van der Waals surface area contributed by atoms with Crippen molar-refractivity contribution in [1.29, 1.82) is 0 Å². The number of hydrogen-bond donors (Lipinski definition) is 0. The molecule has 124 valence electrons. The van der Waals surface area contributed by atoms with Gasteiger partial charge in [0.2, 0.25) is 0 Å². The van der Waals surface area contributed by atoms with Crippen LogP contribution in [0.1, 0.15) is 70.9 Å². The van der Waals surface area contributed by atoms with E-state index in [2.05, 4.69) is 63.0 Å². The highest BCUT2D eigenvalue weighted by Gasteiger charge is 2.27. The zero-order valence-corrected chi connectivity index (χ0v) is 15.6. The van der Waals surface area contributed by atoms with Crippen molar-refractivity contribution in [2.75, 3.05) is 13.1 Å². The Morgan fingerprint density at radius 3 is 2.23 bits per heavy atom. The number of hydrogen-bond acceptors (Lipinski definition) is 1. The highest BCUT2D eigenvalue weighted by atomic mass is 32.2. The molecule has 1 fully saturated rings. The lowest BCUT2D eigenvalue weighted by molar-refractivity contribution is 0.363. The lowest BCUT2D eigenvalue weighted by atomic mass is 9.85. The van der Waals surface area contributed by atoms with E-state index >= 15 is 0 Å². The van der Waals surface area contributed by atoms with E-state index in [1.165, 1.54) is 17.5 Å². The second-order valence-electron chi connectivity index (χ2n) is 7.79. The minimum atomic E-state index is -2.38. The lowest BCUT2D eigenvalue weighted by Crippen LogP contribution is -2.36. The molecule has 0 aliphatic carbocycles. The number of rotatable bonds is 3. The van der Waals surface area contributed by atoms with Crippen LogP contribution in [0.3, 0.4) is 0 Å². The summed E-state index contributed by atoms with van der Waals surface area (Å²) in [4.78, 5) is 0.936. The third-order valence-corrected chi connectivity index (χ3v) is 6.80. The quantitative estimate of drug-likeness (QED) is 0.746. The van der Waals surface area contributed by atoms with E-state index in [1.807, 2.05) is 0 Å². The summed E-state index contributed by atoms with van der Waals surface area (Å²) in [5.41, 5.74) is 2.46. The molecule has 1 atom stereocenters. The van der Waals surface area contributed by atoms with Crippen LogP contribution in [0.25, 0.3) is 0 Å². The van der Waals surface area contributed by atoms with Crippen molar-refractivity contribution in [2.45, 2.75) is 70.1 Å². The molecule has 22 heavy (non-hydrogen) atoms. The van der Waals surface area contributed by atoms with Gasteiger partial charge in [-0.1, -0.05) is 53.2 Å².